The predicted molar refractivity (Wildman–Crippen MR) is 48.1 cm³/mol. The second-order valence-electron chi connectivity index (χ2n) is 2.92. The van der Waals surface area contributed by atoms with Crippen LogP contribution in [0.15, 0.2) is 0 Å². The third-order valence-corrected chi connectivity index (χ3v) is 3.20. The van der Waals surface area contributed by atoms with Crippen LogP contribution in [0.1, 0.15) is 12.8 Å². The van der Waals surface area contributed by atoms with Gasteiger partial charge in [-0.3, -0.25) is 0 Å². The minimum Gasteiger partial charge on any atom is -0.467 e. The molecule has 1 saturated heterocycles. The predicted octanol–water partition coefficient (Wildman–Crippen LogP) is 0.663. The van der Waals surface area contributed by atoms with Crippen LogP contribution < -0.4 is 0 Å². The molecule has 1 unspecified atom stereocenters. The van der Waals surface area contributed by atoms with E-state index in [-0.39, 0.29) is 5.92 Å². The molecule has 12 heavy (non-hydrogen) atoms. The van der Waals surface area contributed by atoms with E-state index in [1.54, 1.807) is 0 Å². The highest BCUT2D eigenvalue weighted by atomic mass is 32.2. The van der Waals surface area contributed by atoms with Crippen LogP contribution in [0.2, 0.25) is 0 Å². The molecule has 1 fully saturated rings. The smallest absolute Gasteiger partial charge is 0.334 e. The van der Waals surface area contributed by atoms with E-state index >= 15 is 0 Å². The molecular weight excluding hydrogens is 176 g/mol. The lowest BCUT2D eigenvalue weighted by Gasteiger charge is -2.24. The molecular formula is C8H14O3S. The van der Waals surface area contributed by atoms with E-state index < -0.39 is 12.1 Å². The van der Waals surface area contributed by atoms with Crippen molar-refractivity contribution in [3.63, 3.8) is 0 Å². The van der Waals surface area contributed by atoms with Gasteiger partial charge in [0.25, 0.3) is 0 Å². The van der Waals surface area contributed by atoms with Crippen molar-refractivity contribution in [1.29, 1.82) is 0 Å². The lowest BCUT2D eigenvalue weighted by Crippen LogP contribution is -2.32. The van der Waals surface area contributed by atoms with Crippen LogP contribution in [0.5, 0.6) is 0 Å². The molecule has 1 heterocycles. The van der Waals surface area contributed by atoms with Crippen molar-refractivity contribution in [2.75, 3.05) is 18.6 Å². The van der Waals surface area contributed by atoms with E-state index in [0.29, 0.717) is 0 Å². The van der Waals surface area contributed by atoms with Crippen molar-refractivity contribution in [2.45, 2.75) is 18.9 Å². The van der Waals surface area contributed by atoms with Crippen LogP contribution >= 0.6 is 11.8 Å². The molecule has 0 aliphatic carbocycles. The standard InChI is InChI=1S/C8H14O3S/c1-11-8(10)7(9)6-2-4-12-5-3-6/h6-7,9H,2-5H2,1H3. The maximum atomic E-state index is 10.9. The summed E-state index contributed by atoms with van der Waals surface area (Å²) in [5, 5.41) is 9.46. The van der Waals surface area contributed by atoms with E-state index in [1.807, 2.05) is 11.8 Å². The van der Waals surface area contributed by atoms with Crippen LogP contribution in [0, 0.1) is 5.92 Å². The fraction of sp³-hybridized carbons (Fsp3) is 0.875. The molecule has 4 heteroatoms. The van der Waals surface area contributed by atoms with Crippen LogP contribution in [-0.2, 0) is 9.53 Å². The molecule has 0 aromatic carbocycles. The number of carbonyl (C=O) groups is 1. The number of ether oxygens (including phenoxy) is 1. The highest BCUT2D eigenvalue weighted by molar-refractivity contribution is 7.99. The zero-order chi connectivity index (χ0) is 8.97. The second kappa shape index (κ2) is 4.72. The van der Waals surface area contributed by atoms with Crippen molar-refractivity contribution in [2.24, 2.45) is 5.92 Å². The number of aliphatic hydroxyl groups excluding tert-OH is 1. The van der Waals surface area contributed by atoms with Crippen LogP contribution in [0.4, 0.5) is 0 Å². The Hall–Kier alpha value is -0.220. The third-order valence-electron chi connectivity index (χ3n) is 2.16. The Morgan fingerprint density at radius 2 is 2.17 bits per heavy atom. The molecule has 0 radical (unpaired) electrons. The zero-order valence-corrected chi connectivity index (χ0v) is 7.97. The van der Waals surface area contributed by atoms with E-state index in [0.717, 1.165) is 24.3 Å². The maximum Gasteiger partial charge on any atom is 0.334 e. The molecule has 1 N–H and O–H groups in total. The highest BCUT2D eigenvalue weighted by Gasteiger charge is 2.27. The average molecular weight is 190 g/mol. The topological polar surface area (TPSA) is 46.5 Å². The Bertz CT molecular complexity index is 154. The molecule has 0 amide bonds. The Kier molecular flexibility index (Phi) is 3.88. The number of rotatable bonds is 2. The first-order valence-corrected chi connectivity index (χ1v) is 5.25. The van der Waals surface area contributed by atoms with E-state index in [1.165, 1.54) is 7.11 Å². The van der Waals surface area contributed by atoms with Gasteiger partial charge < -0.3 is 9.84 Å². The van der Waals surface area contributed by atoms with Gasteiger partial charge in [0, 0.05) is 0 Å². The molecule has 0 aromatic rings. The van der Waals surface area contributed by atoms with Gasteiger partial charge in [0.2, 0.25) is 0 Å². The first-order valence-electron chi connectivity index (χ1n) is 4.09. The SMILES string of the molecule is COC(=O)C(O)C1CCSCC1. The number of thioether (sulfide) groups is 1. The van der Waals surface area contributed by atoms with Gasteiger partial charge in [-0.15, -0.1) is 0 Å². The summed E-state index contributed by atoms with van der Waals surface area (Å²) in [6, 6.07) is 0. The van der Waals surface area contributed by atoms with Gasteiger partial charge in [-0.25, -0.2) is 4.79 Å². The molecule has 0 spiro atoms. The minimum absolute atomic E-state index is 0.110. The molecule has 1 aliphatic rings. The summed E-state index contributed by atoms with van der Waals surface area (Å²) in [5.41, 5.74) is 0. The summed E-state index contributed by atoms with van der Waals surface area (Å²) >= 11 is 1.87. The molecule has 1 aliphatic heterocycles. The van der Waals surface area contributed by atoms with Crippen molar-refractivity contribution in [3.8, 4) is 0 Å². The average Bonchev–Trinajstić information content (AvgIpc) is 2.17. The normalized spacial score (nSPS) is 21.8. The van der Waals surface area contributed by atoms with Gasteiger partial charge in [0.05, 0.1) is 7.11 Å². The molecule has 3 nitrogen and oxygen atoms in total. The summed E-state index contributed by atoms with van der Waals surface area (Å²) < 4.78 is 4.47. The molecule has 0 aromatic heterocycles. The quantitative estimate of drug-likeness (QED) is 0.650. The molecule has 0 bridgehead atoms. The molecule has 70 valence electrons. The number of aliphatic hydroxyl groups is 1. The molecule has 1 rings (SSSR count). The molecule has 0 saturated carbocycles. The monoisotopic (exact) mass is 190 g/mol. The van der Waals surface area contributed by atoms with Gasteiger partial charge in [-0.1, -0.05) is 0 Å². The van der Waals surface area contributed by atoms with E-state index in [4.69, 9.17) is 0 Å². The summed E-state index contributed by atoms with van der Waals surface area (Å²) in [5.74, 6) is 1.70. The number of esters is 1. The number of carbonyl (C=O) groups excluding carboxylic acids is 1. The zero-order valence-electron chi connectivity index (χ0n) is 7.16. The van der Waals surface area contributed by atoms with Crippen LogP contribution in [-0.4, -0.2) is 35.8 Å². The van der Waals surface area contributed by atoms with E-state index in [9.17, 15) is 9.90 Å². The fourth-order valence-electron chi connectivity index (χ4n) is 1.34. The van der Waals surface area contributed by atoms with Gasteiger partial charge in [0.1, 0.15) is 0 Å². The Morgan fingerprint density at radius 3 is 2.67 bits per heavy atom. The van der Waals surface area contributed by atoms with Gasteiger partial charge in [-0.2, -0.15) is 11.8 Å². The lowest BCUT2D eigenvalue weighted by atomic mass is 9.96. The Morgan fingerprint density at radius 1 is 1.58 bits per heavy atom. The second-order valence-corrected chi connectivity index (χ2v) is 4.14. The number of methoxy groups -OCH3 is 1. The van der Waals surface area contributed by atoms with Crippen LogP contribution in [0.3, 0.4) is 0 Å². The van der Waals surface area contributed by atoms with Crippen molar-refractivity contribution in [1.82, 2.24) is 0 Å². The first-order chi connectivity index (χ1) is 5.75. The number of hydrogen-bond acceptors (Lipinski definition) is 4. The third kappa shape index (κ3) is 2.38. The largest absolute Gasteiger partial charge is 0.467 e. The van der Waals surface area contributed by atoms with Crippen molar-refractivity contribution < 1.29 is 14.6 Å². The molecule has 1 atom stereocenters. The van der Waals surface area contributed by atoms with Crippen molar-refractivity contribution >= 4 is 17.7 Å². The Balaban J connectivity index is 2.39. The maximum absolute atomic E-state index is 10.9. The summed E-state index contributed by atoms with van der Waals surface area (Å²) in [4.78, 5) is 10.9. The van der Waals surface area contributed by atoms with Gasteiger partial charge in [-0.05, 0) is 30.3 Å². The summed E-state index contributed by atoms with van der Waals surface area (Å²) in [6.45, 7) is 0. The first kappa shape index (κ1) is 9.86. The fourth-order valence-corrected chi connectivity index (χ4v) is 2.49. The number of hydrogen-bond donors (Lipinski definition) is 1. The van der Waals surface area contributed by atoms with Crippen LogP contribution in [0.25, 0.3) is 0 Å². The summed E-state index contributed by atoms with van der Waals surface area (Å²) in [6.07, 6.45) is 0.929. The minimum atomic E-state index is -0.907. The van der Waals surface area contributed by atoms with Gasteiger partial charge in [0.15, 0.2) is 6.10 Å². The van der Waals surface area contributed by atoms with Gasteiger partial charge >= 0.3 is 5.97 Å². The van der Waals surface area contributed by atoms with E-state index in [2.05, 4.69) is 4.74 Å². The van der Waals surface area contributed by atoms with Crippen molar-refractivity contribution in [3.05, 3.63) is 0 Å². The Labute approximate surface area is 76.5 Å². The summed E-state index contributed by atoms with van der Waals surface area (Å²) in [7, 11) is 1.31. The highest BCUT2D eigenvalue weighted by Crippen LogP contribution is 2.25. The lowest BCUT2D eigenvalue weighted by molar-refractivity contribution is -0.153.